The third kappa shape index (κ3) is 45.9. The molecule has 9 nitrogen and oxygen atoms in total. The van der Waals surface area contributed by atoms with Crippen LogP contribution in [-0.2, 0) is 23.9 Å². The summed E-state index contributed by atoms with van der Waals surface area (Å²) >= 11 is 0. The van der Waals surface area contributed by atoms with Crippen LogP contribution in [0.15, 0.2) is 5.76 Å². The van der Waals surface area contributed by atoms with Gasteiger partial charge in [0, 0.05) is 25.9 Å². The van der Waals surface area contributed by atoms with Crippen LogP contribution in [0, 0.1) is 0 Å². The number of carboxylic acid groups (broad SMARTS) is 1. The molecule has 0 aromatic heterocycles. The molecule has 9 heteroatoms. The molecule has 0 rings (SSSR count). The lowest BCUT2D eigenvalue weighted by Crippen LogP contribution is -2.33. The van der Waals surface area contributed by atoms with Crippen molar-refractivity contribution in [3.05, 3.63) is 5.76 Å². The Morgan fingerprint density at radius 2 is 0.754 bits per heavy atom. The van der Waals surface area contributed by atoms with Crippen molar-refractivity contribution in [2.45, 2.75) is 251 Å². The predicted octanol–water partition coefficient (Wildman–Crippen LogP) is 13.4. The Kier molecular flexibility index (Phi) is 47.5. The fourth-order valence-electron chi connectivity index (χ4n) is 8.20. The highest BCUT2D eigenvalue weighted by molar-refractivity contribution is 5.69. The van der Waals surface area contributed by atoms with Crippen LogP contribution >= 0.6 is 0 Å². The van der Waals surface area contributed by atoms with Crippen LogP contribution in [0.2, 0.25) is 0 Å². The van der Waals surface area contributed by atoms with Crippen molar-refractivity contribution in [3.63, 3.8) is 0 Å². The van der Waals surface area contributed by atoms with Gasteiger partial charge in [0.05, 0.1) is 13.2 Å². The number of hydrogen-bond donors (Lipinski definition) is 2. The summed E-state index contributed by atoms with van der Waals surface area (Å²) < 4.78 is 11.3. The van der Waals surface area contributed by atoms with Crippen LogP contribution in [0.5, 0.6) is 0 Å². The maximum absolute atomic E-state index is 12.5. The van der Waals surface area contributed by atoms with E-state index in [1.807, 2.05) is 5.94 Å². The summed E-state index contributed by atoms with van der Waals surface area (Å²) in [5.74, 6) is 1.52. The van der Waals surface area contributed by atoms with Gasteiger partial charge in [-0.25, -0.2) is 4.79 Å². The minimum Gasteiger partial charge on any atom is -0.487 e. The Labute approximate surface area is 376 Å². The molecule has 0 radical (unpaired) electrons. The van der Waals surface area contributed by atoms with Gasteiger partial charge in [-0.15, -0.1) is 0 Å². The zero-order valence-electron chi connectivity index (χ0n) is 40.4. The molecule has 0 heterocycles. The zero-order valence-corrected chi connectivity index (χ0v) is 40.4. The summed E-state index contributed by atoms with van der Waals surface area (Å²) in [6.45, 7) is 10.6. The number of nitrogens with zero attached hydrogens (tertiary/aromatic N) is 2. The Hall–Kier alpha value is -1.93. The van der Waals surface area contributed by atoms with Crippen LogP contribution in [0.3, 0.4) is 0 Å². The van der Waals surface area contributed by atoms with Gasteiger partial charge in [0.25, 0.3) is 0 Å². The van der Waals surface area contributed by atoms with Crippen molar-refractivity contribution >= 4 is 17.9 Å². The van der Waals surface area contributed by atoms with Gasteiger partial charge in [0.2, 0.25) is 0 Å². The first-order valence-electron chi connectivity index (χ1n) is 26.3. The Morgan fingerprint density at radius 3 is 1.15 bits per heavy atom. The maximum atomic E-state index is 12.5. The summed E-state index contributed by atoms with van der Waals surface area (Å²) in [5.41, 5.74) is 0. The minimum atomic E-state index is -0.783. The van der Waals surface area contributed by atoms with Crippen LogP contribution < -0.4 is 0 Å². The lowest BCUT2D eigenvalue weighted by atomic mass is 10.0. The Morgan fingerprint density at radius 1 is 0.410 bits per heavy atom. The molecule has 0 aliphatic rings. The number of esters is 1. The molecule has 360 valence electrons. The van der Waals surface area contributed by atoms with E-state index in [2.05, 4.69) is 23.6 Å². The fourth-order valence-corrected chi connectivity index (χ4v) is 8.20. The van der Waals surface area contributed by atoms with Gasteiger partial charge in [-0.1, -0.05) is 181 Å². The molecule has 0 aromatic rings. The number of carboxylic acids is 1. The first kappa shape index (κ1) is 59.1. The average molecular weight is 865 g/mol. The van der Waals surface area contributed by atoms with Crippen molar-refractivity contribution in [2.24, 2.45) is 0 Å². The monoisotopic (exact) mass is 865 g/mol. The van der Waals surface area contributed by atoms with Crippen LogP contribution in [0.25, 0.3) is 0 Å². The molecular formula is C52H100N2O7. The molecule has 0 amide bonds. The lowest BCUT2D eigenvalue weighted by molar-refractivity contribution is -0.144. The molecule has 61 heavy (non-hydrogen) atoms. The smallest absolute Gasteiger partial charge is 0.305 e. The molecular weight excluding hydrogens is 765 g/mol. The topological polar surface area (TPSA) is 117 Å². The summed E-state index contributed by atoms with van der Waals surface area (Å²) in [7, 11) is 0. The molecule has 0 saturated heterocycles. The van der Waals surface area contributed by atoms with E-state index in [0.717, 1.165) is 84.1 Å². The number of carbonyl (C=O) groups excluding carboxylic acids is 2. The van der Waals surface area contributed by atoms with E-state index < -0.39 is 5.97 Å². The second kappa shape index (κ2) is 49.1. The van der Waals surface area contributed by atoms with E-state index in [9.17, 15) is 24.6 Å². The highest BCUT2D eigenvalue weighted by Crippen LogP contribution is 2.16. The third-order valence-corrected chi connectivity index (χ3v) is 12.1. The SMILES string of the molecule is CCCCCCCCCCCCCCCCCCCCCOC(=O)CCCN(CCCC(=O)O)CCCN(CCCCO)CCCC(=C=O)OCCCCCCCCCCC. The van der Waals surface area contributed by atoms with E-state index >= 15 is 0 Å². The quantitative estimate of drug-likeness (QED) is 0.0267. The molecule has 0 fully saturated rings. The van der Waals surface area contributed by atoms with E-state index in [0.29, 0.717) is 51.2 Å². The summed E-state index contributed by atoms with van der Waals surface area (Å²) in [4.78, 5) is 40.0. The highest BCUT2D eigenvalue weighted by atomic mass is 16.5. The molecule has 0 aliphatic heterocycles. The van der Waals surface area contributed by atoms with Crippen molar-refractivity contribution in [3.8, 4) is 0 Å². The van der Waals surface area contributed by atoms with E-state index in [4.69, 9.17) is 9.47 Å². The summed E-state index contributed by atoms with van der Waals surface area (Å²) in [6.07, 6.45) is 42.5. The minimum absolute atomic E-state index is 0.135. The molecule has 0 spiro atoms. The van der Waals surface area contributed by atoms with E-state index in [1.165, 1.54) is 154 Å². The number of ether oxygens (including phenoxy) is 2. The molecule has 0 saturated carbocycles. The number of rotatable bonds is 51. The number of aliphatic hydroxyl groups excluding tert-OH is 1. The lowest BCUT2D eigenvalue weighted by Gasteiger charge is -2.26. The zero-order chi connectivity index (χ0) is 44.5. The summed E-state index contributed by atoms with van der Waals surface area (Å²) in [5, 5.41) is 18.6. The van der Waals surface area contributed by atoms with Crippen LogP contribution in [0.1, 0.15) is 251 Å². The molecule has 2 N–H and O–H groups in total. The van der Waals surface area contributed by atoms with Crippen LogP contribution in [-0.4, -0.2) is 97.0 Å². The first-order valence-corrected chi connectivity index (χ1v) is 26.3. The standard InChI is InChI=1S/C52H100N2O7/c1-3-5-7-9-11-13-14-15-16-17-18-19-20-21-22-24-26-28-32-48-61-52(59)39-35-43-54(42-34-38-51(57)58)45-36-44-53(40-29-30-46-55)41-33-37-50(49-56)60-47-31-27-25-23-12-10-8-6-4-2/h55H,3-48H2,1-2H3,(H,57,58). The van der Waals surface area contributed by atoms with Gasteiger partial charge in [0.1, 0.15) is 0 Å². The maximum Gasteiger partial charge on any atom is 0.305 e. The molecule has 0 aliphatic carbocycles. The van der Waals surface area contributed by atoms with Gasteiger partial charge >= 0.3 is 11.9 Å². The van der Waals surface area contributed by atoms with Gasteiger partial charge in [-0.2, -0.15) is 0 Å². The average Bonchev–Trinajstić information content (AvgIpc) is 3.25. The normalized spacial score (nSPS) is 11.4. The number of aliphatic hydroxyl groups is 1. The van der Waals surface area contributed by atoms with Crippen LogP contribution in [0.4, 0.5) is 0 Å². The number of hydrogen-bond acceptors (Lipinski definition) is 8. The van der Waals surface area contributed by atoms with Crippen molar-refractivity contribution < 1.29 is 34.1 Å². The first-order chi connectivity index (χ1) is 30.0. The second-order valence-electron chi connectivity index (χ2n) is 18.0. The van der Waals surface area contributed by atoms with Gasteiger partial charge in [-0.3, -0.25) is 9.59 Å². The number of carbonyl (C=O) groups is 2. The molecule has 0 unspecified atom stereocenters. The van der Waals surface area contributed by atoms with E-state index in [-0.39, 0.29) is 19.0 Å². The Bertz CT molecular complexity index is 989. The molecule has 0 bridgehead atoms. The number of allylic oxidation sites excluding steroid dienone is 1. The largest absolute Gasteiger partial charge is 0.487 e. The van der Waals surface area contributed by atoms with E-state index in [1.54, 1.807) is 0 Å². The Balaban J connectivity index is 4.21. The molecule has 0 aromatic carbocycles. The third-order valence-electron chi connectivity index (χ3n) is 12.1. The van der Waals surface area contributed by atoms with Crippen molar-refractivity contribution in [1.82, 2.24) is 9.80 Å². The second-order valence-corrected chi connectivity index (χ2v) is 18.0. The molecule has 0 atom stereocenters. The highest BCUT2D eigenvalue weighted by Gasteiger charge is 2.12. The number of unbranched alkanes of at least 4 members (excludes halogenated alkanes) is 27. The fraction of sp³-hybridized carbons (Fsp3) is 0.923. The number of aliphatic carboxylic acids is 1. The van der Waals surface area contributed by atoms with Crippen molar-refractivity contribution in [2.75, 3.05) is 59.1 Å². The summed E-state index contributed by atoms with van der Waals surface area (Å²) in [6, 6.07) is 0. The van der Waals surface area contributed by atoms with Gasteiger partial charge in [-0.05, 0) is 90.6 Å². The van der Waals surface area contributed by atoms with Crippen molar-refractivity contribution in [1.29, 1.82) is 0 Å². The van der Waals surface area contributed by atoms with Gasteiger partial charge < -0.3 is 29.5 Å². The van der Waals surface area contributed by atoms with Gasteiger partial charge in [0.15, 0.2) is 11.7 Å². The predicted molar refractivity (Wildman–Crippen MR) is 256 cm³/mol.